The minimum absolute atomic E-state index is 0.219. The van der Waals surface area contributed by atoms with Gasteiger partial charge in [-0.1, -0.05) is 65.7 Å². The van der Waals surface area contributed by atoms with Crippen LogP contribution in [0.15, 0.2) is 18.2 Å². The van der Waals surface area contributed by atoms with Crippen LogP contribution in [0.5, 0.6) is 0 Å². The Morgan fingerprint density at radius 2 is 1.52 bits per heavy atom. The van der Waals surface area contributed by atoms with Gasteiger partial charge in [0.25, 0.3) is 0 Å². The molecule has 21 heavy (non-hydrogen) atoms. The van der Waals surface area contributed by atoms with Gasteiger partial charge in [-0.2, -0.15) is 0 Å². The Hall–Kier alpha value is -0.820. The van der Waals surface area contributed by atoms with E-state index in [1.54, 1.807) is 0 Å². The van der Waals surface area contributed by atoms with Crippen LogP contribution < -0.4 is 5.73 Å². The topological polar surface area (TPSA) is 26.0 Å². The van der Waals surface area contributed by atoms with Gasteiger partial charge in [0.2, 0.25) is 0 Å². The lowest BCUT2D eigenvalue weighted by Gasteiger charge is -2.32. The molecule has 0 amide bonds. The van der Waals surface area contributed by atoms with Gasteiger partial charge in [-0.15, -0.1) is 0 Å². The summed E-state index contributed by atoms with van der Waals surface area (Å²) in [6.45, 7) is 11.5. The summed E-state index contributed by atoms with van der Waals surface area (Å²) in [7, 11) is 0. The van der Waals surface area contributed by atoms with Crippen LogP contribution in [0.4, 0.5) is 0 Å². The van der Waals surface area contributed by atoms with Crippen molar-refractivity contribution in [3.05, 3.63) is 34.9 Å². The molecular formula is C20H33N. The summed E-state index contributed by atoms with van der Waals surface area (Å²) in [5.74, 6) is 2.69. The molecule has 0 saturated heterocycles. The number of nitrogens with two attached hydrogens (primary N) is 1. The molecule has 1 atom stereocenters. The lowest BCUT2D eigenvalue weighted by atomic mass is 9.76. The molecule has 1 aromatic carbocycles. The minimum atomic E-state index is 0.219. The maximum absolute atomic E-state index is 6.68. The molecule has 0 spiro atoms. The van der Waals surface area contributed by atoms with E-state index < -0.39 is 0 Å². The highest BCUT2D eigenvalue weighted by Crippen LogP contribution is 2.38. The maximum atomic E-state index is 6.68. The molecule has 0 radical (unpaired) electrons. The molecule has 0 bridgehead atoms. The molecule has 1 aliphatic rings. The first kappa shape index (κ1) is 16.5. The third-order valence-electron chi connectivity index (χ3n) is 5.33. The summed E-state index contributed by atoms with van der Waals surface area (Å²) in [4.78, 5) is 0. The molecule has 2 rings (SSSR count). The van der Waals surface area contributed by atoms with Crippen molar-refractivity contribution in [1.82, 2.24) is 0 Å². The third-order valence-corrected chi connectivity index (χ3v) is 5.33. The fourth-order valence-electron chi connectivity index (χ4n) is 3.65. The van der Waals surface area contributed by atoms with E-state index in [1.165, 1.54) is 42.4 Å². The van der Waals surface area contributed by atoms with Gasteiger partial charge >= 0.3 is 0 Å². The van der Waals surface area contributed by atoms with E-state index in [4.69, 9.17) is 5.73 Å². The molecule has 118 valence electrons. The van der Waals surface area contributed by atoms with Gasteiger partial charge in [-0.3, -0.25) is 0 Å². The summed E-state index contributed by atoms with van der Waals surface area (Å²) >= 11 is 0. The van der Waals surface area contributed by atoms with Gasteiger partial charge in [0, 0.05) is 6.04 Å². The summed E-state index contributed by atoms with van der Waals surface area (Å²) in [6, 6.07) is 7.22. The molecule has 0 aromatic heterocycles. The minimum Gasteiger partial charge on any atom is -0.324 e. The summed E-state index contributed by atoms with van der Waals surface area (Å²) in [5.41, 5.74) is 11.0. The monoisotopic (exact) mass is 287 g/mol. The van der Waals surface area contributed by atoms with Gasteiger partial charge in [-0.25, -0.2) is 0 Å². The first-order valence-electron chi connectivity index (χ1n) is 8.79. The Balaban J connectivity index is 2.25. The highest BCUT2D eigenvalue weighted by atomic mass is 14.7. The molecule has 1 heteroatoms. The fraction of sp³-hybridized carbons (Fsp3) is 0.700. The fourth-order valence-corrected chi connectivity index (χ4v) is 3.65. The van der Waals surface area contributed by atoms with Crippen LogP contribution in [-0.2, 0) is 0 Å². The van der Waals surface area contributed by atoms with Gasteiger partial charge in [0.15, 0.2) is 0 Å². The van der Waals surface area contributed by atoms with Crippen molar-refractivity contribution in [1.29, 1.82) is 0 Å². The molecule has 1 aliphatic carbocycles. The standard InChI is InChI=1S/C20H33N/c1-13(2)17-10-11-18(19(12-17)14(3)4)20(21)16-8-6-15(5)7-9-16/h10-16,20H,6-9,21H2,1-5H3. The first-order valence-corrected chi connectivity index (χ1v) is 8.79. The number of benzene rings is 1. The number of hydrogen-bond donors (Lipinski definition) is 1. The Morgan fingerprint density at radius 1 is 0.905 bits per heavy atom. The zero-order chi connectivity index (χ0) is 15.6. The van der Waals surface area contributed by atoms with E-state index in [0.717, 1.165) is 5.92 Å². The molecule has 1 nitrogen and oxygen atoms in total. The lowest BCUT2D eigenvalue weighted by Crippen LogP contribution is -2.26. The van der Waals surface area contributed by atoms with Crippen molar-refractivity contribution in [3.8, 4) is 0 Å². The van der Waals surface area contributed by atoms with E-state index in [9.17, 15) is 0 Å². The van der Waals surface area contributed by atoms with Gasteiger partial charge in [0.05, 0.1) is 0 Å². The Morgan fingerprint density at radius 3 is 2.05 bits per heavy atom. The molecule has 1 fully saturated rings. The number of rotatable bonds is 4. The van der Waals surface area contributed by atoms with E-state index in [0.29, 0.717) is 17.8 Å². The van der Waals surface area contributed by atoms with E-state index >= 15 is 0 Å². The Kier molecular flexibility index (Phi) is 5.48. The first-order chi connectivity index (χ1) is 9.90. The van der Waals surface area contributed by atoms with Gasteiger partial charge in [0.1, 0.15) is 0 Å². The second kappa shape index (κ2) is 6.96. The van der Waals surface area contributed by atoms with Crippen LogP contribution in [0.1, 0.15) is 94.9 Å². The van der Waals surface area contributed by atoms with E-state index in [-0.39, 0.29) is 6.04 Å². The Bertz CT molecular complexity index is 453. The molecular weight excluding hydrogens is 254 g/mol. The largest absolute Gasteiger partial charge is 0.324 e. The average Bonchev–Trinajstić information content (AvgIpc) is 2.46. The van der Waals surface area contributed by atoms with Crippen LogP contribution in [0, 0.1) is 11.8 Å². The van der Waals surface area contributed by atoms with E-state index in [2.05, 4.69) is 52.8 Å². The molecule has 2 N–H and O–H groups in total. The molecule has 1 unspecified atom stereocenters. The zero-order valence-electron chi connectivity index (χ0n) is 14.5. The highest BCUT2D eigenvalue weighted by molar-refractivity contribution is 5.37. The number of hydrogen-bond acceptors (Lipinski definition) is 1. The Labute approximate surface area is 131 Å². The quantitative estimate of drug-likeness (QED) is 0.748. The van der Waals surface area contributed by atoms with Crippen molar-refractivity contribution in [2.75, 3.05) is 0 Å². The zero-order valence-corrected chi connectivity index (χ0v) is 14.5. The van der Waals surface area contributed by atoms with Crippen LogP contribution >= 0.6 is 0 Å². The van der Waals surface area contributed by atoms with Gasteiger partial charge < -0.3 is 5.73 Å². The summed E-state index contributed by atoms with van der Waals surface area (Å²) in [5, 5.41) is 0. The smallest absolute Gasteiger partial charge is 0.0326 e. The van der Waals surface area contributed by atoms with Crippen LogP contribution in [-0.4, -0.2) is 0 Å². The average molecular weight is 287 g/mol. The second-order valence-corrected chi connectivity index (χ2v) is 7.74. The summed E-state index contributed by atoms with van der Waals surface area (Å²) in [6.07, 6.45) is 5.29. The van der Waals surface area contributed by atoms with Crippen LogP contribution in [0.3, 0.4) is 0 Å². The predicted molar refractivity (Wildman–Crippen MR) is 92.7 cm³/mol. The molecule has 1 aromatic rings. The highest BCUT2D eigenvalue weighted by Gasteiger charge is 2.26. The lowest BCUT2D eigenvalue weighted by molar-refractivity contribution is 0.255. The van der Waals surface area contributed by atoms with Crippen molar-refractivity contribution >= 4 is 0 Å². The van der Waals surface area contributed by atoms with Crippen molar-refractivity contribution in [3.63, 3.8) is 0 Å². The normalized spacial score (nSPS) is 24.6. The summed E-state index contributed by atoms with van der Waals surface area (Å²) < 4.78 is 0. The maximum Gasteiger partial charge on any atom is 0.0326 e. The van der Waals surface area contributed by atoms with Crippen LogP contribution in [0.25, 0.3) is 0 Å². The van der Waals surface area contributed by atoms with Crippen molar-refractivity contribution in [2.45, 2.75) is 78.2 Å². The van der Waals surface area contributed by atoms with Crippen molar-refractivity contribution < 1.29 is 0 Å². The SMILES string of the molecule is CC1CCC(C(N)c2ccc(C(C)C)cc2C(C)C)CC1. The second-order valence-electron chi connectivity index (χ2n) is 7.74. The molecule has 0 aliphatic heterocycles. The van der Waals surface area contributed by atoms with Gasteiger partial charge in [-0.05, 0) is 53.2 Å². The molecule has 1 saturated carbocycles. The van der Waals surface area contributed by atoms with Crippen LogP contribution in [0.2, 0.25) is 0 Å². The predicted octanol–water partition coefficient (Wildman–Crippen LogP) is 5.76. The molecule has 0 heterocycles. The third kappa shape index (κ3) is 3.88. The van der Waals surface area contributed by atoms with Crippen molar-refractivity contribution in [2.24, 2.45) is 17.6 Å². The van der Waals surface area contributed by atoms with E-state index in [1.807, 2.05) is 0 Å².